The fourth-order valence-electron chi connectivity index (χ4n) is 3.32. The van der Waals surface area contributed by atoms with Crippen LogP contribution in [0.1, 0.15) is 20.3 Å². The van der Waals surface area contributed by atoms with E-state index in [-0.39, 0.29) is 5.91 Å². The lowest BCUT2D eigenvalue weighted by molar-refractivity contribution is -0.896. The van der Waals surface area contributed by atoms with Crippen LogP contribution < -0.4 is 15.1 Å². The van der Waals surface area contributed by atoms with Crippen LogP contribution >= 0.6 is 11.8 Å². The Labute approximate surface area is 160 Å². The standard InChI is InChI=1S/C21H27N3OS/c1-3-23(4-2)15-9-14-22-21(25)16-24-17-10-5-7-12-19(17)26-20-13-8-6-11-18(20)24/h5-8,10-13H,3-4,9,14-16H2,1-2H3,(H,22,25)/p+1. The van der Waals surface area contributed by atoms with Crippen molar-refractivity contribution in [2.45, 2.75) is 30.1 Å². The van der Waals surface area contributed by atoms with E-state index >= 15 is 0 Å². The number of benzene rings is 2. The number of fused-ring (bicyclic) bond motifs is 2. The molecule has 0 aliphatic carbocycles. The largest absolute Gasteiger partial charge is 0.354 e. The van der Waals surface area contributed by atoms with Crippen molar-refractivity contribution in [3.8, 4) is 0 Å². The highest BCUT2D eigenvalue weighted by Crippen LogP contribution is 2.47. The van der Waals surface area contributed by atoms with Crippen LogP contribution in [0, 0.1) is 0 Å². The summed E-state index contributed by atoms with van der Waals surface area (Å²) in [6.45, 7) is 8.91. The molecular formula is C21H28N3OS+. The summed E-state index contributed by atoms with van der Waals surface area (Å²) in [5, 5.41) is 3.09. The zero-order valence-electron chi connectivity index (χ0n) is 15.6. The lowest BCUT2D eigenvalue weighted by Gasteiger charge is -2.32. The average molecular weight is 371 g/mol. The van der Waals surface area contributed by atoms with Gasteiger partial charge in [0, 0.05) is 22.8 Å². The summed E-state index contributed by atoms with van der Waals surface area (Å²) in [4.78, 5) is 18.7. The lowest BCUT2D eigenvalue weighted by atomic mass is 10.2. The number of quaternary nitrogens is 1. The van der Waals surface area contributed by atoms with Crippen molar-refractivity contribution in [3.63, 3.8) is 0 Å². The van der Waals surface area contributed by atoms with Crippen LogP contribution in [-0.2, 0) is 4.79 Å². The van der Waals surface area contributed by atoms with Gasteiger partial charge in [-0.3, -0.25) is 4.79 Å². The maximum Gasteiger partial charge on any atom is 0.239 e. The zero-order chi connectivity index (χ0) is 18.4. The van der Waals surface area contributed by atoms with E-state index < -0.39 is 0 Å². The molecule has 1 aliphatic heterocycles. The zero-order valence-corrected chi connectivity index (χ0v) is 16.4. The molecule has 1 aliphatic rings. The molecular weight excluding hydrogens is 342 g/mol. The Kier molecular flexibility index (Phi) is 6.58. The van der Waals surface area contributed by atoms with Gasteiger partial charge in [-0.05, 0) is 38.1 Å². The van der Waals surface area contributed by atoms with E-state index in [9.17, 15) is 4.79 Å². The summed E-state index contributed by atoms with van der Waals surface area (Å²) < 4.78 is 0. The van der Waals surface area contributed by atoms with Gasteiger partial charge in [0.15, 0.2) is 0 Å². The number of amides is 1. The molecule has 4 nitrogen and oxygen atoms in total. The van der Waals surface area contributed by atoms with E-state index in [1.807, 2.05) is 24.3 Å². The Morgan fingerprint density at radius 3 is 2.15 bits per heavy atom. The predicted molar refractivity (Wildman–Crippen MR) is 109 cm³/mol. The summed E-state index contributed by atoms with van der Waals surface area (Å²) in [5.74, 6) is 0.0797. The number of hydrogen-bond acceptors (Lipinski definition) is 3. The molecule has 3 rings (SSSR count). The molecule has 0 unspecified atom stereocenters. The van der Waals surface area contributed by atoms with Crippen molar-refractivity contribution in [2.75, 3.05) is 37.6 Å². The van der Waals surface area contributed by atoms with Gasteiger partial charge in [0.25, 0.3) is 0 Å². The van der Waals surface area contributed by atoms with Crippen LogP contribution in [0.4, 0.5) is 11.4 Å². The third-order valence-electron chi connectivity index (χ3n) is 4.86. The Bertz CT molecular complexity index is 700. The molecule has 0 spiro atoms. The molecule has 0 saturated carbocycles. The molecule has 1 amide bonds. The van der Waals surface area contributed by atoms with E-state index in [2.05, 4.69) is 48.3 Å². The minimum atomic E-state index is 0.0797. The van der Waals surface area contributed by atoms with Gasteiger partial charge >= 0.3 is 0 Å². The van der Waals surface area contributed by atoms with Crippen molar-refractivity contribution < 1.29 is 9.69 Å². The first kappa shape index (κ1) is 18.8. The quantitative estimate of drug-likeness (QED) is 0.702. The molecule has 2 aromatic carbocycles. The third-order valence-corrected chi connectivity index (χ3v) is 5.99. The van der Waals surface area contributed by atoms with Crippen LogP contribution in [0.3, 0.4) is 0 Å². The number of hydrogen-bond donors (Lipinski definition) is 2. The van der Waals surface area contributed by atoms with Crippen LogP contribution in [0.5, 0.6) is 0 Å². The lowest BCUT2D eigenvalue weighted by Crippen LogP contribution is -3.11. The molecule has 0 bridgehead atoms. The third kappa shape index (κ3) is 4.40. The highest BCUT2D eigenvalue weighted by molar-refractivity contribution is 7.99. The molecule has 2 N–H and O–H groups in total. The van der Waals surface area contributed by atoms with Crippen LogP contribution in [0.2, 0.25) is 0 Å². The summed E-state index contributed by atoms with van der Waals surface area (Å²) in [6.07, 6.45) is 1.02. The van der Waals surface area contributed by atoms with E-state index in [4.69, 9.17) is 0 Å². The summed E-state index contributed by atoms with van der Waals surface area (Å²) >= 11 is 1.77. The van der Waals surface area contributed by atoms with Gasteiger partial charge < -0.3 is 15.1 Å². The molecule has 138 valence electrons. The number of carbonyl (C=O) groups excluding carboxylic acids is 1. The second-order valence-electron chi connectivity index (χ2n) is 6.53. The fraction of sp³-hybridized carbons (Fsp3) is 0.381. The number of carbonyl (C=O) groups is 1. The molecule has 1 heterocycles. The SMILES string of the molecule is CC[NH+](CC)CCCNC(=O)CN1c2ccccc2Sc2ccccc21. The Balaban J connectivity index is 1.63. The van der Waals surface area contributed by atoms with Crippen molar-refractivity contribution in [3.05, 3.63) is 48.5 Å². The van der Waals surface area contributed by atoms with Crippen molar-refractivity contribution in [1.29, 1.82) is 0 Å². The minimum Gasteiger partial charge on any atom is -0.354 e. The highest BCUT2D eigenvalue weighted by atomic mass is 32.2. The summed E-state index contributed by atoms with van der Waals surface area (Å²) in [7, 11) is 0. The fourth-order valence-corrected chi connectivity index (χ4v) is 4.42. The molecule has 5 heteroatoms. The van der Waals surface area contributed by atoms with Gasteiger partial charge in [-0.1, -0.05) is 36.0 Å². The normalized spacial score (nSPS) is 12.7. The monoisotopic (exact) mass is 370 g/mol. The second kappa shape index (κ2) is 9.10. The van der Waals surface area contributed by atoms with Crippen molar-refractivity contribution in [1.82, 2.24) is 5.32 Å². The van der Waals surface area contributed by atoms with Crippen LogP contribution in [-0.4, -0.2) is 38.6 Å². The van der Waals surface area contributed by atoms with Crippen molar-refractivity contribution in [2.24, 2.45) is 0 Å². The predicted octanol–water partition coefficient (Wildman–Crippen LogP) is 2.72. The first-order valence-electron chi connectivity index (χ1n) is 9.46. The number of para-hydroxylation sites is 2. The van der Waals surface area contributed by atoms with E-state index in [0.717, 1.165) is 44.0 Å². The maximum atomic E-state index is 12.5. The molecule has 0 radical (unpaired) electrons. The van der Waals surface area contributed by atoms with Gasteiger partial charge in [-0.2, -0.15) is 0 Å². The topological polar surface area (TPSA) is 36.8 Å². The van der Waals surface area contributed by atoms with Gasteiger partial charge in [0.1, 0.15) is 6.54 Å². The number of rotatable bonds is 8. The molecule has 0 atom stereocenters. The maximum absolute atomic E-state index is 12.5. The van der Waals surface area contributed by atoms with E-state index in [0.29, 0.717) is 6.54 Å². The van der Waals surface area contributed by atoms with E-state index in [1.54, 1.807) is 16.7 Å². The molecule has 0 saturated heterocycles. The molecule has 26 heavy (non-hydrogen) atoms. The van der Waals surface area contributed by atoms with Gasteiger partial charge in [-0.15, -0.1) is 0 Å². The van der Waals surface area contributed by atoms with Crippen LogP contribution in [0.25, 0.3) is 0 Å². The number of nitrogens with one attached hydrogen (secondary N) is 2. The first-order valence-corrected chi connectivity index (χ1v) is 10.3. The van der Waals surface area contributed by atoms with Gasteiger partial charge in [0.05, 0.1) is 31.0 Å². The number of anilines is 2. The second-order valence-corrected chi connectivity index (χ2v) is 7.62. The molecule has 0 aromatic heterocycles. The Hall–Kier alpha value is -1.98. The van der Waals surface area contributed by atoms with Gasteiger partial charge in [-0.25, -0.2) is 0 Å². The smallest absolute Gasteiger partial charge is 0.239 e. The summed E-state index contributed by atoms with van der Waals surface area (Å²) in [6, 6.07) is 16.6. The van der Waals surface area contributed by atoms with Crippen LogP contribution in [0.15, 0.2) is 58.3 Å². The minimum absolute atomic E-state index is 0.0797. The first-order chi connectivity index (χ1) is 12.7. The molecule has 2 aromatic rings. The summed E-state index contributed by atoms with van der Waals surface area (Å²) in [5.41, 5.74) is 2.22. The number of nitrogens with zero attached hydrogens (tertiary/aromatic N) is 1. The Morgan fingerprint density at radius 1 is 1.00 bits per heavy atom. The van der Waals surface area contributed by atoms with E-state index in [1.165, 1.54) is 9.79 Å². The molecule has 0 fully saturated rings. The highest BCUT2D eigenvalue weighted by Gasteiger charge is 2.24. The van der Waals surface area contributed by atoms with Crippen molar-refractivity contribution >= 4 is 29.0 Å². The Morgan fingerprint density at radius 2 is 1.58 bits per heavy atom. The van der Waals surface area contributed by atoms with Gasteiger partial charge in [0.2, 0.25) is 5.91 Å². The average Bonchev–Trinajstić information content (AvgIpc) is 2.68.